The lowest BCUT2D eigenvalue weighted by Gasteiger charge is -2.33. The number of amides is 1. The van der Waals surface area contributed by atoms with Gasteiger partial charge >= 0.3 is 6.18 Å². The van der Waals surface area contributed by atoms with E-state index in [9.17, 15) is 18.0 Å². The molecule has 5 rings (SSSR count). The van der Waals surface area contributed by atoms with Crippen LogP contribution in [0.5, 0.6) is 0 Å². The molecule has 1 saturated heterocycles. The molecule has 0 radical (unpaired) electrons. The van der Waals surface area contributed by atoms with Gasteiger partial charge in [0.15, 0.2) is 5.01 Å². The van der Waals surface area contributed by atoms with E-state index < -0.39 is 17.6 Å². The highest BCUT2D eigenvalue weighted by Gasteiger charge is 2.34. The van der Waals surface area contributed by atoms with Crippen LogP contribution in [-0.4, -0.2) is 58.9 Å². The highest BCUT2D eigenvalue weighted by atomic mass is 32.1. The second-order valence-corrected chi connectivity index (χ2v) is 10.1. The molecule has 0 spiro atoms. The third-order valence-electron chi connectivity index (χ3n) is 6.36. The molecule has 38 heavy (non-hydrogen) atoms. The predicted molar refractivity (Wildman–Crippen MR) is 142 cm³/mol. The fraction of sp³-hybridized carbons (Fsp3) is 0.250. The Morgan fingerprint density at radius 1 is 1.05 bits per heavy atom. The van der Waals surface area contributed by atoms with E-state index in [4.69, 9.17) is 0 Å². The second kappa shape index (κ2) is 10.9. The summed E-state index contributed by atoms with van der Waals surface area (Å²) in [6, 6.07) is 11.7. The van der Waals surface area contributed by atoms with Crippen LogP contribution in [0.4, 0.5) is 18.9 Å². The van der Waals surface area contributed by atoms with Crippen LogP contribution >= 0.6 is 11.3 Å². The Hall–Kier alpha value is -3.78. The zero-order valence-electron chi connectivity index (χ0n) is 20.5. The number of hydrogen-bond acceptors (Lipinski definition) is 6. The maximum absolute atomic E-state index is 13.9. The summed E-state index contributed by atoms with van der Waals surface area (Å²) in [5.41, 5.74) is 0.264. The lowest BCUT2D eigenvalue weighted by atomic mass is 10.0. The molecule has 10 heteroatoms. The van der Waals surface area contributed by atoms with Crippen LogP contribution < -0.4 is 5.32 Å². The average Bonchev–Trinajstić information content (AvgIpc) is 3.38. The van der Waals surface area contributed by atoms with Gasteiger partial charge in [-0.05, 0) is 30.7 Å². The number of nitrogens with zero attached hydrogens (tertiary/aromatic N) is 4. The first-order valence-electron chi connectivity index (χ1n) is 12.0. The molecule has 0 bridgehead atoms. The summed E-state index contributed by atoms with van der Waals surface area (Å²) in [5.74, 6) is 5.46. The summed E-state index contributed by atoms with van der Waals surface area (Å²) in [7, 11) is 2.00. The first kappa shape index (κ1) is 25.9. The van der Waals surface area contributed by atoms with Crippen molar-refractivity contribution in [3.8, 4) is 11.8 Å². The number of rotatable bonds is 4. The third kappa shape index (κ3) is 6.02. The average molecular weight is 536 g/mol. The van der Waals surface area contributed by atoms with Gasteiger partial charge in [-0.2, -0.15) is 13.2 Å². The number of fused-ring (bicyclic) bond motifs is 1. The summed E-state index contributed by atoms with van der Waals surface area (Å²) in [6.45, 7) is 3.25. The summed E-state index contributed by atoms with van der Waals surface area (Å²) in [5, 5.41) is 4.91. The molecule has 1 N–H and O–H groups in total. The fourth-order valence-electron chi connectivity index (χ4n) is 4.27. The first-order chi connectivity index (χ1) is 18.3. The van der Waals surface area contributed by atoms with Gasteiger partial charge in [-0.25, -0.2) is 4.98 Å². The van der Waals surface area contributed by atoms with Crippen molar-refractivity contribution in [2.24, 2.45) is 0 Å². The summed E-state index contributed by atoms with van der Waals surface area (Å²) in [6.07, 6.45) is 0.266. The molecule has 0 saturated carbocycles. The molecule has 4 aromatic rings. The Balaban J connectivity index is 1.30. The van der Waals surface area contributed by atoms with Crippen LogP contribution in [0.3, 0.4) is 0 Å². The van der Waals surface area contributed by atoms with Crippen molar-refractivity contribution in [3.63, 3.8) is 0 Å². The second-order valence-electron chi connectivity index (χ2n) is 9.09. The third-order valence-corrected chi connectivity index (χ3v) is 7.28. The Morgan fingerprint density at radius 3 is 2.63 bits per heavy atom. The lowest BCUT2D eigenvalue weighted by molar-refractivity contribution is -0.138. The van der Waals surface area contributed by atoms with Crippen molar-refractivity contribution in [2.75, 3.05) is 38.5 Å². The number of pyridine rings is 1. The van der Waals surface area contributed by atoms with Gasteiger partial charge in [0, 0.05) is 61.6 Å². The van der Waals surface area contributed by atoms with E-state index in [2.05, 4.69) is 32.0 Å². The topological polar surface area (TPSA) is 61.4 Å². The Morgan fingerprint density at radius 2 is 1.84 bits per heavy atom. The number of anilines is 1. The number of hydrogen-bond donors (Lipinski definition) is 1. The number of thiazole rings is 1. The van der Waals surface area contributed by atoms with E-state index in [1.54, 1.807) is 12.4 Å². The van der Waals surface area contributed by atoms with Crippen LogP contribution in [0.2, 0.25) is 0 Å². The van der Waals surface area contributed by atoms with Crippen molar-refractivity contribution in [2.45, 2.75) is 12.7 Å². The molecule has 3 heterocycles. The van der Waals surface area contributed by atoms with Gasteiger partial charge in [-0.15, -0.1) is 11.3 Å². The number of alkyl halides is 3. The van der Waals surface area contributed by atoms with Crippen LogP contribution in [0.15, 0.2) is 61.1 Å². The van der Waals surface area contributed by atoms with E-state index in [1.165, 1.54) is 18.3 Å². The molecule has 194 valence electrons. The number of piperazine rings is 1. The molecule has 6 nitrogen and oxygen atoms in total. The van der Waals surface area contributed by atoms with E-state index >= 15 is 0 Å². The van der Waals surface area contributed by atoms with Gasteiger partial charge in [-0.1, -0.05) is 36.3 Å². The van der Waals surface area contributed by atoms with E-state index in [-0.39, 0.29) is 22.7 Å². The minimum Gasteiger partial charge on any atom is -0.321 e. The number of carbonyl (C=O) groups is 1. The van der Waals surface area contributed by atoms with Crippen LogP contribution in [0, 0.1) is 11.8 Å². The Labute approximate surface area is 222 Å². The Bertz CT molecular complexity index is 1530. The SMILES string of the molecule is CN1CCN(Cc2ccc(NC(=O)c3cnc(C#Cc4cncc5ccccc45)s3)cc2C(F)(F)F)CC1. The summed E-state index contributed by atoms with van der Waals surface area (Å²) in [4.78, 5) is 25.6. The van der Waals surface area contributed by atoms with E-state index in [0.717, 1.165) is 46.8 Å². The maximum Gasteiger partial charge on any atom is 0.416 e. The maximum atomic E-state index is 13.9. The van der Waals surface area contributed by atoms with Crippen LogP contribution in [0.25, 0.3) is 10.8 Å². The highest BCUT2D eigenvalue weighted by molar-refractivity contribution is 7.14. The van der Waals surface area contributed by atoms with Gasteiger partial charge < -0.3 is 10.2 Å². The monoisotopic (exact) mass is 535 g/mol. The van der Waals surface area contributed by atoms with Crippen LogP contribution in [0.1, 0.15) is 31.4 Å². The molecule has 0 aliphatic carbocycles. The molecule has 1 aliphatic rings. The smallest absolute Gasteiger partial charge is 0.321 e. The van der Waals surface area contributed by atoms with Gasteiger partial charge in [0.05, 0.1) is 17.3 Å². The standard InChI is InChI=1S/C28H24F3N5OS/c1-35-10-12-36(13-11-35)18-21-6-8-22(14-24(21)28(29,30)31)34-27(37)25-17-33-26(38-25)9-7-20-16-32-15-19-4-2-3-5-23(19)20/h2-6,8,14-17H,10-13,18H2,1H3,(H,34,37). The molecule has 2 aromatic carbocycles. The molecule has 1 amide bonds. The van der Waals surface area contributed by atoms with Crippen molar-refractivity contribution < 1.29 is 18.0 Å². The molecule has 0 unspecified atom stereocenters. The van der Waals surface area contributed by atoms with Crippen molar-refractivity contribution in [3.05, 3.63) is 87.6 Å². The minimum absolute atomic E-state index is 0.0762. The molecular weight excluding hydrogens is 511 g/mol. The number of carbonyl (C=O) groups excluding carboxylic acids is 1. The van der Waals surface area contributed by atoms with E-state index in [0.29, 0.717) is 18.1 Å². The van der Waals surface area contributed by atoms with Crippen LogP contribution in [-0.2, 0) is 12.7 Å². The molecule has 0 atom stereocenters. The number of likely N-dealkylation sites (N-methyl/N-ethyl adjacent to an activating group) is 1. The lowest BCUT2D eigenvalue weighted by Crippen LogP contribution is -2.44. The van der Waals surface area contributed by atoms with E-state index in [1.807, 2.05) is 36.2 Å². The largest absolute Gasteiger partial charge is 0.416 e. The number of aromatic nitrogens is 2. The van der Waals surface area contributed by atoms with Gasteiger partial charge in [-0.3, -0.25) is 14.7 Å². The van der Waals surface area contributed by atoms with Gasteiger partial charge in [0.2, 0.25) is 0 Å². The number of halogens is 3. The quantitative estimate of drug-likeness (QED) is 0.368. The predicted octanol–water partition coefficient (Wildman–Crippen LogP) is 5.11. The normalized spacial score (nSPS) is 14.7. The van der Waals surface area contributed by atoms with Crippen molar-refractivity contribution >= 4 is 33.7 Å². The molecule has 1 fully saturated rings. The van der Waals surface area contributed by atoms with Gasteiger partial charge in [0.25, 0.3) is 5.91 Å². The fourth-order valence-corrected chi connectivity index (χ4v) is 4.93. The van der Waals surface area contributed by atoms with Gasteiger partial charge in [0.1, 0.15) is 4.88 Å². The van der Waals surface area contributed by atoms with Crippen molar-refractivity contribution in [1.29, 1.82) is 0 Å². The minimum atomic E-state index is -4.54. The molecule has 1 aliphatic heterocycles. The molecule has 2 aromatic heterocycles. The van der Waals surface area contributed by atoms with Crippen molar-refractivity contribution in [1.82, 2.24) is 19.8 Å². The summed E-state index contributed by atoms with van der Waals surface area (Å²) >= 11 is 1.07. The number of nitrogens with one attached hydrogen (secondary N) is 1. The first-order valence-corrected chi connectivity index (χ1v) is 12.8. The zero-order valence-corrected chi connectivity index (χ0v) is 21.4. The zero-order chi connectivity index (χ0) is 26.7. The summed E-state index contributed by atoms with van der Waals surface area (Å²) < 4.78 is 41.6. The number of benzene rings is 2. The Kier molecular flexibility index (Phi) is 7.42. The highest BCUT2D eigenvalue weighted by Crippen LogP contribution is 2.35. The molecular formula is C28H24F3N5OS.